The van der Waals surface area contributed by atoms with Crippen molar-refractivity contribution >= 4 is 23.3 Å². The maximum absolute atomic E-state index is 11.8. The van der Waals surface area contributed by atoms with Gasteiger partial charge in [-0.1, -0.05) is 11.6 Å². The number of anilines is 1. The van der Waals surface area contributed by atoms with Gasteiger partial charge >= 0.3 is 0 Å². The van der Waals surface area contributed by atoms with Gasteiger partial charge in [0.05, 0.1) is 5.56 Å². The van der Waals surface area contributed by atoms with Gasteiger partial charge in [0, 0.05) is 11.2 Å². The van der Waals surface area contributed by atoms with Gasteiger partial charge in [0.25, 0.3) is 5.91 Å². The number of nitrogens with zero attached hydrogens (tertiary/aromatic N) is 2. The first kappa shape index (κ1) is 11.3. The second-order valence-electron chi connectivity index (χ2n) is 3.22. The number of carbonyl (C=O) groups is 1. The molecule has 2 aromatic rings. The first-order chi connectivity index (χ1) is 8.16. The molecule has 2 rings (SSSR count). The lowest BCUT2D eigenvalue weighted by molar-refractivity contribution is 0.102. The molecule has 0 fully saturated rings. The smallest absolute Gasteiger partial charge is 0.260 e. The van der Waals surface area contributed by atoms with Gasteiger partial charge in [-0.3, -0.25) is 4.79 Å². The SMILES string of the molecule is O=C(Nc1cccnn1)c1cc(Cl)ccc1O. The van der Waals surface area contributed by atoms with Crippen molar-refractivity contribution in [3.8, 4) is 5.75 Å². The summed E-state index contributed by atoms with van der Waals surface area (Å²) in [6.45, 7) is 0. The summed E-state index contributed by atoms with van der Waals surface area (Å²) in [6, 6.07) is 7.46. The van der Waals surface area contributed by atoms with E-state index in [1.807, 2.05) is 0 Å². The van der Waals surface area contributed by atoms with Gasteiger partial charge in [0.15, 0.2) is 5.82 Å². The molecule has 0 saturated carbocycles. The summed E-state index contributed by atoms with van der Waals surface area (Å²) in [5.74, 6) is -0.335. The molecule has 1 amide bonds. The average Bonchev–Trinajstić information content (AvgIpc) is 2.33. The number of carbonyl (C=O) groups excluding carboxylic acids is 1. The molecule has 6 heteroatoms. The van der Waals surface area contributed by atoms with Gasteiger partial charge in [0.2, 0.25) is 0 Å². The third-order valence-corrected chi connectivity index (χ3v) is 2.25. The van der Waals surface area contributed by atoms with E-state index >= 15 is 0 Å². The number of aromatic nitrogens is 2. The van der Waals surface area contributed by atoms with Gasteiger partial charge in [-0.05, 0) is 30.3 Å². The van der Waals surface area contributed by atoms with Gasteiger partial charge in [-0.25, -0.2) is 0 Å². The molecule has 0 aliphatic rings. The number of amides is 1. The van der Waals surface area contributed by atoms with E-state index in [1.165, 1.54) is 24.4 Å². The number of nitrogens with one attached hydrogen (secondary N) is 1. The van der Waals surface area contributed by atoms with Crippen LogP contribution in [0.3, 0.4) is 0 Å². The molecule has 0 atom stereocenters. The molecule has 1 aromatic carbocycles. The third kappa shape index (κ3) is 2.70. The van der Waals surface area contributed by atoms with Gasteiger partial charge < -0.3 is 10.4 Å². The fraction of sp³-hybridized carbons (Fsp3) is 0. The lowest BCUT2D eigenvalue weighted by Gasteiger charge is -2.05. The topological polar surface area (TPSA) is 75.1 Å². The predicted octanol–water partition coefficient (Wildman–Crippen LogP) is 2.09. The van der Waals surface area contributed by atoms with Crippen molar-refractivity contribution in [3.05, 3.63) is 47.1 Å². The lowest BCUT2D eigenvalue weighted by Crippen LogP contribution is -2.13. The minimum absolute atomic E-state index is 0.0863. The minimum Gasteiger partial charge on any atom is -0.507 e. The monoisotopic (exact) mass is 249 g/mol. The lowest BCUT2D eigenvalue weighted by atomic mass is 10.2. The van der Waals surface area contributed by atoms with E-state index in [0.29, 0.717) is 10.8 Å². The molecular weight excluding hydrogens is 242 g/mol. The van der Waals surface area contributed by atoms with Crippen LogP contribution in [0.2, 0.25) is 5.02 Å². The molecule has 5 nitrogen and oxygen atoms in total. The molecule has 0 saturated heterocycles. The van der Waals surface area contributed by atoms with Crippen LogP contribution in [0, 0.1) is 0 Å². The number of phenols is 1. The van der Waals surface area contributed by atoms with E-state index in [0.717, 1.165) is 0 Å². The van der Waals surface area contributed by atoms with Gasteiger partial charge in [0.1, 0.15) is 5.75 Å². The highest BCUT2D eigenvalue weighted by atomic mass is 35.5. The maximum atomic E-state index is 11.8. The Bertz CT molecular complexity index is 546. The Kier molecular flexibility index (Phi) is 3.20. The molecule has 2 N–H and O–H groups in total. The molecule has 0 aliphatic heterocycles. The second kappa shape index (κ2) is 4.80. The van der Waals surface area contributed by atoms with Crippen molar-refractivity contribution in [2.24, 2.45) is 0 Å². The molecule has 0 bridgehead atoms. The number of hydrogen-bond acceptors (Lipinski definition) is 4. The summed E-state index contributed by atoms with van der Waals surface area (Å²) in [4.78, 5) is 11.8. The highest BCUT2D eigenvalue weighted by molar-refractivity contribution is 6.31. The van der Waals surface area contributed by atoms with Crippen LogP contribution in [0.4, 0.5) is 5.82 Å². The number of halogens is 1. The zero-order chi connectivity index (χ0) is 12.3. The van der Waals surface area contributed by atoms with Gasteiger partial charge in [-0.2, -0.15) is 5.10 Å². The highest BCUT2D eigenvalue weighted by Gasteiger charge is 2.12. The van der Waals surface area contributed by atoms with E-state index in [9.17, 15) is 9.90 Å². The Morgan fingerprint density at radius 2 is 2.18 bits per heavy atom. The Morgan fingerprint density at radius 3 is 2.88 bits per heavy atom. The quantitative estimate of drug-likeness (QED) is 0.855. The molecule has 0 aliphatic carbocycles. The van der Waals surface area contributed by atoms with Crippen LogP contribution in [0.15, 0.2) is 36.5 Å². The fourth-order valence-electron chi connectivity index (χ4n) is 1.24. The summed E-state index contributed by atoms with van der Waals surface area (Å²) in [5.41, 5.74) is 0.0863. The first-order valence-electron chi connectivity index (χ1n) is 4.74. The van der Waals surface area contributed by atoms with Crippen LogP contribution in [0.5, 0.6) is 5.75 Å². The van der Waals surface area contributed by atoms with E-state index in [4.69, 9.17) is 11.6 Å². The number of hydrogen-bond donors (Lipinski definition) is 2. The maximum Gasteiger partial charge on any atom is 0.260 e. The Hall–Kier alpha value is -2.14. The van der Waals surface area contributed by atoms with Crippen LogP contribution in [-0.4, -0.2) is 21.2 Å². The highest BCUT2D eigenvalue weighted by Crippen LogP contribution is 2.22. The average molecular weight is 250 g/mol. The molecule has 17 heavy (non-hydrogen) atoms. The van der Waals surface area contributed by atoms with Crippen molar-refractivity contribution in [2.75, 3.05) is 5.32 Å². The number of rotatable bonds is 2. The van der Waals surface area contributed by atoms with Crippen molar-refractivity contribution in [1.29, 1.82) is 0 Å². The fourth-order valence-corrected chi connectivity index (χ4v) is 1.41. The van der Waals surface area contributed by atoms with Crippen molar-refractivity contribution < 1.29 is 9.90 Å². The standard InChI is InChI=1S/C11H8ClN3O2/c12-7-3-4-9(16)8(6-7)11(17)14-10-2-1-5-13-15-10/h1-6,16H,(H,14,15,17). The summed E-state index contributed by atoms with van der Waals surface area (Å²) in [5, 5.41) is 19.7. The molecule has 1 heterocycles. The summed E-state index contributed by atoms with van der Waals surface area (Å²) in [6.07, 6.45) is 1.49. The predicted molar refractivity (Wildman–Crippen MR) is 63.1 cm³/mol. The Morgan fingerprint density at radius 1 is 1.35 bits per heavy atom. The number of aromatic hydroxyl groups is 1. The number of phenolic OH excluding ortho intramolecular Hbond substituents is 1. The van der Waals surface area contributed by atoms with Crippen LogP contribution < -0.4 is 5.32 Å². The molecule has 0 radical (unpaired) electrons. The molecule has 0 unspecified atom stereocenters. The van der Waals surface area contributed by atoms with Crippen molar-refractivity contribution in [3.63, 3.8) is 0 Å². The molecule has 0 spiro atoms. The molecule has 1 aromatic heterocycles. The zero-order valence-corrected chi connectivity index (χ0v) is 9.35. The normalized spacial score (nSPS) is 9.94. The third-order valence-electron chi connectivity index (χ3n) is 2.02. The van der Waals surface area contributed by atoms with Crippen molar-refractivity contribution in [1.82, 2.24) is 10.2 Å². The minimum atomic E-state index is -0.495. The van der Waals surface area contributed by atoms with Crippen molar-refractivity contribution in [2.45, 2.75) is 0 Å². The molecule has 86 valence electrons. The summed E-state index contributed by atoms with van der Waals surface area (Å²) < 4.78 is 0. The van der Waals surface area contributed by atoms with E-state index < -0.39 is 5.91 Å². The second-order valence-corrected chi connectivity index (χ2v) is 3.66. The summed E-state index contributed by atoms with van der Waals surface area (Å²) in [7, 11) is 0. The summed E-state index contributed by atoms with van der Waals surface area (Å²) >= 11 is 5.74. The number of benzene rings is 1. The van der Waals surface area contributed by atoms with Crippen LogP contribution in [0.25, 0.3) is 0 Å². The largest absolute Gasteiger partial charge is 0.507 e. The zero-order valence-electron chi connectivity index (χ0n) is 8.59. The van der Waals surface area contributed by atoms with Crippen LogP contribution in [-0.2, 0) is 0 Å². The Labute approximate surface area is 102 Å². The first-order valence-corrected chi connectivity index (χ1v) is 5.12. The van der Waals surface area contributed by atoms with E-state index in [2.05, 4.69) is 15.5 Å². The van der Waals surface area contributed by atoms with E-state index in [1.54, 1.807) is 12.1 Å². The van der Waals surface area contributed by atoms with E-state index in [-0.39, 0.29) is 11.3 Å². The molecular formula is C11H8ClN3O2. The van der Waals surface area contributed by atoms with Crippen LogP contribution >= 0.6 is 11.6 Å². The van der Waals surface area contributed by atoms with Crippen LogP contribution in [0.1, 0.15) is 10.4 Å². The Balaban J connectivity index is 2.23. The van der Waals surface area contributed by atoms with Gasteiger partial charge in [-0.15, -0.1) is 5.10 Å².